The van der Waals surface area contributed by atoms with Crippen molar-refractivity contribution in [2.75, 3.05) is 20.3 Å². The minimum atomic E-state index is -0.186. The summed E-state index contributed by atoms with van der Waals surface area (Å²) in [6, 6.07) is -0.125. The smallest absolute Gasteiger partial charge is 0.315 e. The monoisotopic (exact) mass is 202 g/mol. The molecule has 4 heteroatoms. The van der Waals surface area contributed by atoms with Crippen LogP contribution in [-0.4, -0.2) is 31.8 Å². The second-order valence-corrected chi connectivity index (χ2v) is 4.65. The van der Waals surface area contributed by atoms with Crippen molar-refractivity contribution in [3.05, 3.63) is 0 Å². The maximum atomic E-state index is 11.3. The lowest BCUT2D eigenvalue weighted by molar-refractivity contribution is 0.158. The normalized spacial score (nSPS) is 13.5. The van der Waals surface area contributed by atoms with E-state index >= 15 is 0 Å². The molecule has 0 saturated carbocycles. The number of amides is 2. The number of carbonyl (C=O) groups is 1. The van der Waals surface area contributed by atoms with Crippen molar-refractivity contribution in [3.8, 4) is 0 Å². The van der Waals surface area contributed by atoms with Crippen LogP contribution in [0.5, 0.6) is 0 Å². The van der Waals surface area contributed by atoms with Gasteiger partial charge in [0.15, 0.2) is 0 Å². The molecule has 2 amide bonds. The third kappa shape index (κ3) is 7.86. The van der Waals surface area contributed by atoms with Gasteiger partial charge in [-0.3, -0.25) is 0 Å². The molecule has 0 spiro atoms. The minimum Gasteiger partial charge on any atom is -0.384 e. The van der Waals surface area contributed by atoms with E-state index in [0.29, 0.717) is 19.1 Å². The molecule has 0 radical (unpaired) electrons. The summed E-state index contributed by atoms with van der Waals surface area (Å²) >= 11 is 0. The molecule has 0 aliphatic carbocycles. The summed E-state index contributed by atoms with van der Waals surface area (Å²) in [6.45, 7) is 9.17. The Labute approximate surface area is 86.4 Å². The third-order valence-corrected chi connectivity index (χ3v) is 1.55. The first-order valence-corrected chi connectivity index (χ1v) is 4.90. The molecular weight excluding hydrogens is 180 g/mol. The molecular formula is C10H22N2O2. The number of nitrogens with one attached hydrogen (secondary N) is 2. The number of urea groups is 1. The summed E-state index contributed by atoms with van der Waals surface area (Å²) in [5, 5.41) is 5.62. The molecule has 4 nitrogen and oxygen atoms in total. The lowest BCUT2D eigenvalue weighted by Crippen LogP contribution is -2.47. The van der Waals surface area contributed by atoms with Gasteiger partial charge in [0.05, 0.1) is 6.61 Å². The maximum absolute atomic E-state index is 11.3. The van der Waals surface area contributed by atoms with Gasteiger partial charge in [-0.2, -0.15) is 0 Å². The average Bonchev–Trinajstić information content (AvgIpc) is 1.98. The van der Waals surface area contributed by atoms with Gasteiger partial charge in [-0.1, -0.05) is 6.92 Å². The Morgan fingerprint density at radius 1 is 1.43 bits per heavy atom. The molecule has 14 heavy (non-hydrogen) atoms. The van der Waals surface area contributed by atoms with Crippen molar-refractivity contribution in [2.24, 2.45) is 5.92 Å². The number of rotatable bonds is 4. The van der Waals surface area contributed by atoms with E-state index in [4.69, 9.17) is 4.74 Å². The summed E-state index contributed by atoms with van der Waals surface area (Å²) < 4.78 is 4.97. The maximum Gasteiger partial charge on any atom is 0.315 e. The molecule has 0 aliphatic rings. The van der Waals surface area contributed by atoms with E-state index in [0.717, 1.165) is 0 Å². The standard InChI is InChI=1S/C10H22N2O2/c1-8(7-14-5)6-11-9(13)12-10(2,3)4/h8H,6-7H2,1-5H3,(H2,11,12,13). The molecule has 84 valence electrons. The highest BCUT2D eigenvalue weighted by atomic mass is 16.5. The molecule has 1 atom stereocenters. The number of hydrogen-bond acceptors (Lipinski definition) is 2. The van der Waals surface area contributed by atoms with Crippen molar-refractivity contribution >= 4 is 6.03 Å². The quantitative estimate of drug-likeness (QED) is 0.723. The van der Waals surface area contributed by atoms with Crippen LogP contribution in [-0.2, 0) is 4.74 Å². The van der Waals surface area contributed by atoms with Crippen molar-refractivity contribution in [3.63, 3.8) is 0 Å². The van der Waals surface area contributed by atoms with E-state index in [2.05, 4.69) is 10.6 Å². The summed E-state index contributed by atoms with van der Waals surface area (Å²) in [5.41, 5.74) is -0.186. The highest BCUT2D eigenvalue weighted by molar-refractivity contribution is 5.74. The number of carbonyl (C=O) groups excluding carboxylic acids is 1. The fourth-order valence-electron chi connectivity index (χ4n) is 0.995. The van der Waals surface area contributed by atoms with Gasteiger partial charge in [-0.15, -0.1) is 0 Å². The van der Waals surface area contributed by atoms with Gasteiger partial charge >= 0.3 is 6.03 Å². The van der Waals surface area contributed by atoms with Crippen LogP contribution in [0.1, 0.15) is 27.7 Å². The Hall–Kier alpha value is -0.770. The zero-order chi connectivity index (χ0) is 11.2. The first kappa shape index (κ1) is 13.2. The minimum absolute atomic E-state index is 0.125. The van der Waals surface area contributed by atoms with Crippen LogP contribution in [0.15, 0.2) is 0 Å². The van der Waals surface area contributed by atoms with E-state index in [-0.39, 0.29) is 11.6 Å². The highest BCUT2D eigenvalue weighted by Gasteiger charge is 2.13. The van der Waals surface area contributed by atoms with E-state index in [1.54, 1.807) is 7.11 Å². The van der Waals surface area contributed by atoms with E-state index in [1.165, 1.54) is 0 Å². The average molecular weight is 202 g/mol. The molecule has 0 heterocycles. The van der Waals surface area contributed by atoms with Crippen LogP contribution >= 0.6 is 0 Å². The fraction of sp³-hybridized carbons (Fsp3) is 0.900. The second kappa shape index (κ2) is 5.86. The van der Waals surface area contributed by atoms with Gasteiger partial charge in [0.1, 0.15) is 0 Å². The van der Waals surface area contributed by atoms with Crippen LogP contribution in [0.4, 0.5) is 4.79 Å². The van der Waals surface area contributed by atoms with Crippen molar-refractivity contribution in [1.82, 2.24) is 10.6 Å². The molecule has 0 rings (SSSR count). The zero-order valence-corrected chi connectivity index (χ0v) is 9.81. The molecule has 0 fully saturated rings. The fourth-order valence-corrected chi connectivity index (χ4v) is 0.995. The Morgan fingerprint density at radius 2 is 2.00 bits per heavy atom. The van der Waals surface area contributed by atoms with Crippen LogP contribution in [0, 0.1) is 5.92 Å². The SMILES string of the molecule is COCC(C)CNC(=O)NC(C)(C)C. The molecule has 0 aliphatic heterocycles. The van der Waals surface area contributed by atoms with Gasteiger partial charge < -0.3 is 15.4 Å². The first-order valence-electron chi connectivity index (χ1n) is 4.90. The predicted molar refractivity (Wildman–Crippen MR) is 57.3 cm³/mol. The summed E-state index contributed by atoms with van der Waals surface area (Å²) in [4.78, 5) is 11.3. The topological polar surface area (TPSA) is 50.4 Å². The van der Waals surface area contributed by atoms with Crippen LogP contribution in [0.25, 0.3) is 0 Å². The lowest BCUT2D eigenvalue weighted by atomic mass is 10.1. The van der Waals surface area contributed by atoms with Crippen LogP contribution in [0.3, 0.4) is 0 Å². The summed E-state index contributed by atoms with van der Waals surface area (Å²) in [7, 11) is 1.66. The number of hydrogen-bond donors (Lipinski definition) is 2. The third-order valence-electron chi connectivity index (χ3n) is 1.55. The Balaban J connectivity index is 3.64. The van der Waals surface area contributed by atoms with E-state index in [9.17, 15) is 4.79 Å². The van der Waals surface area contributed by atoms with E-state index in [1.807, 2.05) is 27.7 Å². The number of methoxy groups -OCH3 is 1. The van der Waals surface area contributed by atoms with Gasteiger partial charge in [-0.25, -0.2) is 4.79 Å². The van der Waals surface area contributed by atoms with Gasteiger partial charge in [0.2, 0.25) is 0 Å². The number of ether oxygens (including phenoxy) is 1. The van der Waals surface area contributed by atoms with Gasteiger partial charge in [-0.05, 0) is 26.7 Å². The predicted octanol–water partition coefficient (Wildman–Crippen LogP) is 1.37. The Bertz CT molecular complexity index is 175. The largest absolute Gasteiger partial charge is 0.384 e. The highest BCUT2D eigenvalue weighted by Crippen LogP contribution is 1.98. The zero-order valence-electron chi connectivity index (χ0n) is 9.81. The van der Waals surface area contributed by atoms with Gasteiger partial charge in [0, 0.05) is 19.2 Å². The van der Waals surface area contributed by atoms with Crippen LogP contribution < -0.4 is 10.6 Å². The Kier molecular flexibility index (Phi) is 5.53. The van der Waals surface area contributed by atoms with Crippen molar-refractivity contribution in [2.45, 2.75) is 33.2 Å². The lowest BCUT2D eigenvalue weighted by Gasteiger charge is -2.21. The molecule has 2 N–H and O–H groups in total. The molecule has 0 saturated heterocycles. The molecule has 0 aromatic heterocycles. The van der Waals surface area contributed by atoms with Gasteiger partial charge in [0.25, 0.3) is 0 Å². The van der Waals surface area contributed by atoms with Crippen molar-refractivity contribution < 1.29 is 9.53 Å². The summed E-state index contributed by atoms with van der Waals surface area (Å²) in [6.07, 6.45) is 0. The van der Waals surface area contributed by atoms with E-state index < -0.39 is 0 Å². The molecule has 0 bridgehead atoms. The Morgan fingerprint density at radius 3 is 2.43 bits per heavy atom. The molecule has 0 aromatic rings. The molecule has 0 aromatic carbocycles. The summed E-state index contributed by atoms with van der Waals surface area (Å²) in [5.74, 6) is 0.339. The van der Waals surface area contributed by atoms with Crippen molar-refractivity contribution in [1.29, 1.82) is 0 Å². The second-order valence-electron chi connectivity index (χ2n) is 4.65. The molecule has 1 unspecified atom stereocenters. The first-order chi connectivity index (χ1) is 6.35. The van der Waals surface area contributed by atoms with Crippen LogP contribution in [0.2, 0.25) is 0 Å².